The maximum atomic E-state index is 14.1. The molecule has 1 aromatic heterocycles. The Morgan fingerprint density at radius 1 is 1.38 bits per heavy atom. The van der Waals surface area contributed by atoms with E-state index in [0.29, 0.717) is 25.1 Å². The number of hydrogen-bond acceptors (Lipinski definition) is 3. The van der Waals surface area contributed by atoms with E-state index < -0.39 is 11.7 Å². The Morgan fingerprint density at radius 3 is 2.85 bits per heavy atom. The maximum Gasteiger partial charge on any atom is 0.254 e. The summed E-state index contributed by atoms with van der Waals surface area (Å²) in [7, 11) is 1.81. The summed E-state index contributed by atoms with van der Waals surface area (Å²) in [5.74, 6) is -1.21. The number of aryl methyl sites for hydroxylation is 2. The van der Waals surface area contributed by atoms with Crippen LogP contribution < -0.4 is 5.32 Å². The van der Waals surface area contributed by atoms with Crippen molar-refractivity contribution in [1.82, 2.24) is 20.0 Å². The Balaban J connectivity index is 1.60. The fraction of sp³-hybridized carbons (Fsp3) is 0.421. The number of likely N-dealkylation sites (tertiary alicyclic amines) is 1. The van der Waals surface area contributed by atoms with E-state index >= 15 is 0 Å². The van der Waals surface area contributed by atoms with Crippen LogP contribution in [0, 0.1) is 12.7 Å². The van der Waals surface area contributed by atoms with Gasteiger partial charge in [0.25, 0.3) is 5.91 Å². The molecule has 2 aromatic rings. The van der Waals surface area contributed by atoms with E-state index in [4.69, 9.17) is 0 Å². The van der Waals surface area contributed by atoms with Crippen LogP contribution in [0.4, 0.5) is 4.39 Å². The fourth-order valence-corrected chi connectivity index (χ4v) is 3.24. The second kappa shape index (κ2) is 7.27. The zero-order valence-corrected chi connectivity index (χ0v) is 15.2. The van der Waals surface area contributed by atoms with Gasteiger partial charge in [0.05, 0.1) is 17.7 Å². The van der Waals surface area contributed by atoms with E-state index in [9.17, 15) is 14.0 Å². The molecule has 1 aliphatic rings. The van der Waals surface area contributed by atoms with Gasteiger partial charge in [-0.2, -0.15) is 5.10 Å². The highest BCUT2D eigenvalue weighted by atomic mass is 19.1. The number of nitrogens with one attached hydrogen (secondary N) is 1. The van der Waals surface area contributed by atoms with E-state index in [-0.39, 0.29) is 23.4 Å². The van der Waals surface area contributed by atoms with Crippen molar-refractivity contribution in [2.24, 2.45) is 7.05 Å². The van der Waals surface area contributed by atoms with Crippen molar-refractivity contribution in [2.75, 3.05) is 13.1 Å². The number of benzene rings is 1. The molecule has 26 heavy (non-hydrogen) atoms. The number of halogens is 1. The van der Waals surface area contributed by atoms with Crippen molar-refractivity contribution in [3.05, 3.63) is 53.1 Å². The summed E-state index contributed by atoms with van der Waals surface area (Å²) >= 11 is 0. The van der Waals surface area contributed by atoms with Gasteiger partial charge in [-0.1, -0.05) is 12.1 Å². The highest BCUT2D eigenvalue weighted by Crippen LogP contribution is 2.21. The van der Waals surface area contributed by atoms with Crippen LogP contribution in [0.1, 0.15) is 40.7 Å². The summed E-state index contributed by atoms with van der Waals surface area (Å²) in [6, 6.07) is 4.59. The molecule has 2 atom stereocenters. The summed E-state index contributed by atoms with van der Waals surface area (Å²) in [4.78, 5) is 26.8. The highest BCUT2D eigenvalue weighted by molar-refractivity contribution is 5.95. The van der Waals surface area contributed by atoms with Gasteiger partial charge in [-0.3, -0.25) is 14.3 Å². The average molecular weight is 358 g/mol. The Labute approximate surface area is 152 Å². The molecule has 2 heterocycles. The van der Waals surface area contributed by atoms with E-state index in [1.54, 1.807) is 34.8 Å². The van der Waals surface area contributed by atoms with Gasteiger partial charge in [0.15, 0.2) is 0 Å². The van der Waals surface area contributed by atoms with Crippen LogP contribution in [-0.2, 0) is 11.8 Å². The summed E-state index contributed by atoms with van der Waals surface area (Å²) in [6.07, 6.45) is 4.18. The third-order valence-electron chi connectivity index (χ3n) is 4.87. The van der Waals surface area contributed by atoms with Crippen molar-refractivity contribution in [3.63, 3.8) is 0 Å². The number of carbonyl (C=O) groups excluding carboxylic acids is 2. The molecule has 2 unspecified atom stereocenters. The molecule has 3 rings (SSSR count). The molecule has 1 aliphatic heterocycles. The zero-order chi connectivity index (χ0) is 18.8. The van der Waals surface area contributed by atoms with Crippen LogP contribution >= 0.6 is 0 Å². The van der Waals surface area contributed by atoms with Gasteiger partial charge in [0.2, 0.25) is 5.91 Å². The van der Waals surface area contributed by atoms with Crippen LogP contribution in [0.3, 0.4) is 0 Å². The van der Waals surface area contributed by atoms with Gasteiger partial charge in [-0.05, 0) is 31.9 Å². The summed E-state index contributed by atoms with van der Waals surface area (Å²) in [5.41, 5.74) is 1.34. The lowest BCUT2D eigenvalue weighted by Crippen LogP contribution is -2.39. The van der Waals surface area contributed by atoms with Crippen molar-refractivity contribution in [2.45, 2.75) is 32.2 Å². The monoisotopic (exact) mass is 358 g/mol. The first kappa shape index (κ1) is 18.1. The SMILES string of the molecule is Cc1cccc(C(=O)NC2CCN(C(=O)C(C)c3cnn(C)c3)C2)c1F. The van der Waals surface area contributed by atoms with Crippen molar-refractivity contribution in [3.8, 4) is 0 Å². The van der Waals surface area contributed by atoms with Gasteiger partial charge in [-0.15, -0.1) is 0 Å². The molecule has 1 N–H and O–H groups in total. The van der Waals surface area contributed by atoms with Crippen molar-refractivity contribution in [1.29, 1.82) is 0 Å². The second-order valence-corrected chi connectivity index (χ2v) is 6.85. The Hall–Kier alpha value is -2.70. The van der Waals surface area contributed by atoms with Crippen LogP contribution in [0.15, 0.2) is 30.6 Å². The minimum absolute atomic E-state index is 0.0106. The fourth-order valence-electron chi connectivity index (χ4n) is 3.24. The van der Waals surface area contributed by atoms with Gasteiger partial charge in [0, 0.05) is 37.9 Å². The number of nitrogens with zero attached hydrogens (tertiary/aromatic N) is 3. The quantitative estimate of drug-likeness (QED) is 0.909. The van der Waals surface area contributed by atoms with Gasteiger partial charge in [0.1, 0.15) is 5.82 Å². The van der Waals surface area contributed by atoms with E-state index in [1.807, 2.05) is 20.2 Å². The minimum Gasteiger partial charge on any atom is -0.347 e. The molecule has 1 aromatic carbocycles. The molecule has 0 radical (unpaired) electrons. The van der Waals surface area contributed by atoms with Crippen LogP contribution in [-0.4, -0.2) is 45.6 Å². The average Bonchev–Trinajstić information content (AvgIpc) is 3.25. The minimum atomic E-state index is -0.499. The number of carbonyl (C=O) groups is 2. The van der Waals surface area contributed by atoms with Crippen molar-refractivity contribution >= 4 is 11.8 Å². The number of hydrogen-bond donors (Lipinski definition) is 1. The molecule has 1 fully saturated rings. The van der Waals surface area contributed by atoms with E-state index in [2.05, 4.69) is 10.4 Å². The highest BCUT2D eigenvalue weighted by Gasteiger charge is 2.31. The molecule has 0 saturated carbocycles. The molecule has 138 valence electrons. The third-order valence-corrected chi connectivity index (χ3v) is 4.87. The van der Waals surface area contributed by atoms with Gasteiger partial charge in [-0.25, -0.2) is 4.39 Å². The molecule has 0 spiro atoms. The lowest BCUT2D eigenvalue weighted by Gasteiger charge is -2.20. The van der Waals surface area contributed by atoms with E-state index in [1.165, 1.54) is 6.07 Å². The first-order chi connectivity index (χ1) is 12.4. The Kier molecular flexibility index (Phi) is 5.06. The predicted octanol–water partition coefficient (Wildman–Crippen LogP) is 2.00. The van der Waals surface area contributed by atoms with Crippen LogP contribution in [0.5, 0.6) is 0 Å². The third kappa shape index (κ3) is 3.61. The van der Waals surface area contributed by atoms with Crippen LogP contribution in [0.2, 0.25) is 0 Å². The molecule has 7 heteroatoms. The number of amides is 2. The van der Waals surface area contributed by atoms with E-state index in [0.717, 1.165) is 5.56 Å². The lowest BCUT2D eigenvalue weighted by atomic mass is 10.0. The molecular weight excluding hydrogens is 335 g/mol. The molecule has 2 amide bonds. The largest absolute Gasteiger partial charge is 0.347 e. The standard InChI is InChI=1S/C19H23FN4O2/c1-12-5-4-6-16(17(12)20)18(25)22-15-7-8-24(11-15)19(26)13(2)14-9-21-23(3)10-14/h4-6,9-10,13,15H,7-8,11H2,1-3H3,(H,22,25). The van der Waals surface area contributed by atoms with Gasteiger partial charge >= 0.3 is 0 Å². The molecule has 6 nitrogen and oxygen atoms in total. The molecule has 0 bridgehead atoms. The summed E-state index contributed by atoms with van der Waals surface area (Å²) in [6.45, 7) is 4.49. The maximum absolute atomic E-state index is 14.1. The smallest absolute Gasteiger partial charge is 0.254 e. The normalized spacial score (nSPS) is 18.0. The number of aromatic nitrogens is 2. The van der Waals surface area contributed by atoms with Gasteiger partial charge < -0.3 is 10.2 Å². The predicted molar refractivity (Wildman–Crippen MR) is 95.2 cm³/mol. The lowest BCUT2D eigenvalue weighted by molar-refractivity contribution is -0.131. The first-order valence-electron chi connectivity index (χ1n) is 8.70. The Bertz CT molecular complexity index is 833. The summed E-state index contributed by atoms with van der Waals surface area (Å²) < 4.78 is 15.8. The van der Waals surface area contributed by atoms with Crippen molar-refractivity contribution < 1.29 is 14.0 Å². The van der Waals surface area contributed by atoms with Crippen LogP contribution in [0.25, 0.3) is 0 Å². The zero-order valence-electron chi connectivity index (χ0n) is 15.2. The Morgan fingerprint density at radius 2 is 2.15 bits per heavy atom. The topological polar surface area (TPSA) is 67.2 Å². The summed E-state index contributed by atoms with van der Waals surface area (Å²) in [5, 5.41) is 6.94. The first-order valence-corrected chi connectivity index (χ1v) is 8.70. The molecule has 1 saturated heterocycles. The second-order valence-electron chi connectivity index (χ2n) is 6.85. The number of rotatable bonds is 4. The molecular formula is C19H23FN4O2. The molecule has 0 aliphatic carbocycles.